The third kappa shape index (κ3) is 7.35. The van der Waals surface area contributed by atoms with Crippen LogP contribution in [0.2, 0.25) is 0 Å². The summed E-state index contributed by atoms with van der Waals surface area (Å²) in [6.07, 6.45) is 13.5. The minimum Gasteiger partial charge on any atom is -0.382 e. The molecular weight excluding hydrogens is 409 g/mol. The first-order valence-electron chi connectivity index (χ1n) is 11.4. The number of allylic oxidation sites excluding steroid dienone is 2. The molecule has 0 bridgehead atoms. The van der Waals surface area contributed by atoms with Crippen LogP contribution >= 0.6 is 11.9 Å². The van der Waals surface area contributed by atoms with E-state index >= 15 is 0 Å². The molecule has 31 heavy (non-hydrogen) atoms. The number of unbranched alkanes of at least 4 members (excludes halogenated alkanes) is 2. The Morgan fingerprint density at radius 2 is 2.03 bits per heavy atom. The van der Waals surface area contributed by atoms with E-state index in [0.717, 1.165) is 80.6 Å². The zero-order chi connectivity index (χ0) is 22.6. The highest BCUT2D eigenvalue weighted by Crippen LogP contribution is 2.27. The van der Waals surface area contributed by atoms with Gasteiger partial charge in [-0.25, -0.2) is 14.4 Å². The standard InChI is InChI=1S/C24H38FN5S/c1-5-7-14-21-29-22-23(18(3)19(4)28-24(22)26)30(21)17-11-10-16-27-31-20(12-6-2)13-8-9-15-25/h6,9,12,15,20,27H,5,7-8,10-11,13-14,16-17H2,1-4H3,(H2,26,28)/b12-6-,15-9+. The van der Waals surface area contributed by atoms with Crippen molar-refractivity contribution in [2.24, 2.45) is 0 Å². The van der Waals surface area contributed by atoms with Crippen molar-refractivity contribution in [2.45, 2.75) is 84.4 Å². The molecule has 172 valence electrons. The fourth-order valence-electron chi connectivity index (χ4n) is 3.68. The Hall–Kier alpha value is -1.86. The van der Waals surface area contributed by atoms with Gasteiger partial charge in [-0.05, 0) is 58.4 Å². The fourth-order valence-corrected chi connectivity index (χ4v) is 4.64. The minimum atomic E-state index is 0.362. The smallest absolute Gasteiger partial charge is 0.151 e. The lowest BCUT2D eigenvalue weighted by molar-refractivity contribution is 0.586. The SMILES string of the molecule is C/C=C\C(CC/C=C/F)SNCCCCn1c(CCCC)nc2c(N)nc(C)c(C)c21. The second kappa shape index (κ2) is 13.5. The Morgan fingerprint density at radius 1 is 1.23 bits per heavy atom. The average Bonchev–Trinajstić information content (AvgIpc) is 3.12. The molecule has 2 heterocycles. The number of fused-ring (bicyclic) bond motifs is 1. The number of rotatable bonds is 14. The zero-order valence-corrected chi connectivity index (χ0v) is 20.3. The number of nitrogens with one attached hydrogen (secondary N) is 1. The molecular formula is C24H38FN5S. The molecule has 0 amide bonds. The predicted octanol–water partition coefficient (Wildman–Crippen LogP) is 6.20. The van der Waals surface area contributed by atoms with Crippen molar-refractivity contribution in [3.8, 4) is 0 Å². The second-order valence-electron chi connectivity index (χ2n) is 7.91. The van der Waals surface area contributed by atoms with Crippen LogP contribution in [-0.4, -0.2) is 26.3 Å². The molecule has 5 nitrogen and oxygen atoms in total. The number of nitrogen functional groups attached to an aromatic ring is 1. The van der Waals surface area contributed by atoms with E-state index in [1.54, 1.807) is 18.0 Å². The number of aromatic nitrogens is 3. The maximum Gasteiger partial charge on any atom is 0.151 e. The molecule has 1 atom stereocenters. The highest BCUT2D eigenvalue weighted by Gasteiger charge is 2.17. The van der Waals surface area contributed by atoms with Gasteiger partial charge in [-0.2, -0.15) is 0 Å². The van der Waals surface area contributed by atoms with E-state index in [-0.39, 0.29) is 0 Å². The summed E-state index contributed by atoms with van der Waals surface area (Å²) in [5, 5.41) is 0.362. The van der Waals surface area contributed by atoms with Gasteiger partial charge in [0.05, 0.1) is 11.8 Å². The summed E-state index contributed by atoms with van der Waals surface area (Å²) >= 11 is 1.73. The van der Waals surface area contributed by atoms with E-state index in [1.165, 1.54) is 5.56 Å². The van der Waals surface area contributed by atoms with Gasteiger partial charge in [-0.3, -0.25) is 4.72 Å². The van der Waals surface area contributed by atoms with Gasteiger partial charge in [-0.15, -0.1) is 0 Å². The van der Waals surface area contributed by atoms with Crippen LogP contribution in [0.1, 0.15) is 69.5 Å². The first-order valence-corrected chi connectivity index (χ1v) is 12.3. The first-order chi connectivity index (χ1) is 15.0. The topological polar surface area (TPSA) is 68.8 Å². The number of imidazole rings is 1. The summed E-state index contributed by atoms with van der Waals surface area (Å²) < 4.78 is 18.0. The van der Waals surface area contributed by atoms with Gasteiger partial charge in [0.1, 0.15) is 11.3 Å². The van der Waals surface area contributed by atoms with Crippen molar-refractivity contribution < 1.29 is 4.39 Å². The quantitative estimate of drug-likeness (QED) is 0.205. The number of pyridine rings is 1. The Kier molecular flexibility index (Phi) is 11.1. The fraction of sp³-hybridized carbons (Fsp3) is 0.583. The van der Waals surface area contributed by atoms with Crippen molar-refractivity contribution in [2.75, 3.05) is 12.3 Å². The van der Waals surface area contributed by atoms with Crippen LogP contribution in [0.5, 0.6) is 0 Å². The molecule has 0 aliphatic heterocycles. The molecule has 2 aromatic heterocycles. The Labute approximate surface area is 190 Å². The van der Waals surface area contributed by atoms with Crippen molar-refractivity contribution in [3.63, 3.8) is 0 Å². The number of halogens is 1. The van der Waals surface area contributed by atoms with Gasteiger partial charge in [-0.1, -0.05) is 43.5 Å². The van der Waals surface area contributed by atoms with Crippen molar-refractivity contribution in [3.05, 3.63) is 41.6 Å². The Morgan fingerprint density at radius 3 is 2.74 bits per heavy atom. The van der Waals surface area contributed by atoms with E-state index in [9.17, 15) is 4.39 Å². The van der Waals surface area contributed by atoms with Crippen molar-refractivity contribution in [1.82, 2.24) is 19.3 Å². The highest BCUT2D eigenvalue weighted by molar-refractivity contribution is 7.98. The Balaban J connectivity index is 1.96. The van der Waals surface area contributed by atoms with Crippen LogP contribution in [-0.2, 0) is 13.0 Å². The summed E-state index contributed by atoms with van der Waals surface area (Å²) in [6, 6.07) is 0. The number of nitrogens with zero attached hydrogens (tertiary/aromatic N) is 3. The van der Waals surface area contributed by atoms with Gasteiger partial charge >= 0.3 is 0 Å². The third-order valence-corrected chi connectivity index (χ3v) is 6.55. The van der Waals surface area contributed by atoms with Crippen LogP contribution in [0.15, 0.2) is 24.6 Å². The monoisotopic (exact) mass is 447 g/mol. The van der Waals surface area contributed by atoms with Crippen molar-refractivity contribution >= 4 is 28.8 Å². The van der Waals surface area contributed by atoms with Gasteiger partial charge < -0.3 is 10.3 Å². The minimum absolute atomic E-state index is 0.362. The summed E-state index contributed by atoms with van der Waals surface area (Å²) in [5.74, 6) is 1.65. The summed E-state index contributed by atoms with van der Waals surface area (Å²) in [7, 11) is 0. The second-order valence-corrected chi connectivity index (χ2v) is 9.04. The molecule has 0 saturated heterocycles. The summed E-state index contributed by atoms with van der Waals surface area (Å²) in [5.41, 5.74) is 10.3. The van der Waals surface area contributed by atoms with E-state index in [1.807, 2.05) is 13.8 Å². The molecule has 3 N–H and O–H groups in total. The van der Waals surface area contributed by atoms with Crippen LogP contribution < -0.4 is 10.5 Å². The normalized spacial score (nSPS) is 13.2. The number of hydrogen-bond donors (Lipinski definition) is 2. The van der Waals surface area contributed by atoms with E-state index in [0.29, 0.717) is 17.4 Å². The summed E-state index contributed by atoms with van der Waals surface area (Å²) in [6.45, 7) is 10.2. The Bertz CT molecular complexity index is 875. The molecule has 0 spiro atoms. The molecule has 2 rings (SSSR count). The lowest BCUT2D eigenvalue weighted by Crippen LogP contribution is -2.13. The first kappa shape index (κ1) is 25.4. The van der Waals surface area contributed by atoms with Gasteiger partial charge in [0, 0.05) is 30.5 Å². The van der Waals surface area contributed by atoms with E-state index in [4.69, 9.17) is 10.7 Å². The van der Waals surface area contributed by atoms with Crippen molar-refractivity contribution in [1.29, 1.82) is 0 Å². The van der Waals surface area contributed by atoms with E-state index in [2.05, 4.69) is 40.3 Å². The highest BCUT2D eigenvalue weighted by atomic mass is 32.2. The lowest BCUT2D eigenvalue weighted by atomic mass is 10.2. The van der Waals surface area contributed by atoms with Crippen LogP contribution in [0, 0.1) is 13.8 Å². The lowest BCUT2D eigenvalue weighted by Gasteiger charge is -2.13. The van der Waals surface area contributed by atoms with Crippen LogP contribution in [0.25, 0.3) is 11.0 Å². The predicted molar refractivity (Wildman–Crippen MR) is 133 cm³/mol. The largest absolute Gasteiger partial charge is 0.382 e. The molecule has 0 saturated carbocycles. The third-order valence-electron chi connectivity index (χ3n) is 5.49. The van der Waals surface area contributed by atoms with Gasteiger partial charge in [0.15, 0.2) is 5.82 Å². The molecule has 7 heteroatoms. The average molecular weight is 448 g/mol. The molecule has 0 aliphatic carbocycles. The van der Waals surface area contributed by atoms with Gasteiger partial charge in [0.25, 0.3) is 0 Å². The number of anilines is 1. The van der Waals surface area contributed by atoms with Crippen LogP contribution in [0.4, 0.5) is 10.2 Å². The number of hydrogen-bond acceptors (Lipinski definition) is 5. The molecule has 0 radical (unpaired) electrons. The molecule has 0 aliphatic rings. The number of nitrogens with two attached hydrogens (primary N) is 1. The van der Waals surface area contributed by atoms with Crippen LogP contribution in [0.3, 0.4) is 0 Å². The van der Waals surface area contributed by atoms with Gasteiger partial charge in [0.2, 0.25) is 0 Å². The summed E-state index contributed by atoms with van der Waals surface area (Å²) in [4.78, 5) is 9.34. The number of aryl methyl sites for hydroxylation is 4. The maximum atomic E-state index is 12.2. The zero-order valence-electron chi connectivity index (χ0n) is 19.5. The molecule has 0 aromatic carbocycles. The maximum absolute atomic E-state index is 12.2. The van der Waals surface area contributed by atoms with E-state index < -0.39 is 0 Å². The molecule has 0 fully saturated rings. The molecule has 1 unspecified atom stereocenters. The molecule has 2 aromatic rings.